The van der Waals surface area contributed by atoms with E-state index in [0.29, 0.717) is 12.2 Å². The monoisotopic (exact) mass is 225 g/mol. The minimum atomic E-state index is -0.562. The van der Waals surface area contributed by atoms with Crippen molar-refractivity contribution in [2.75, 3.05) is 7.11 Å². The van der Waals surface area contributed by atoms with Gasteiger partial charge in [-0.15, -0.1) is 0 Å². The molecule has 4 heteroatoms. The van der Waals surface area contributed by atoms with E-state index in [2.05, 4.69) is 0 Å². The Balaban J connectivity index is 2.84. The zero-order valence-corrected chi connectivity index (χ0v) is 9.50. The Kier molecular flexibility index (Phi) is 4.43. The molecule has 16 heavy (non-hydrogen) atoms. The molecule has 0 heterocycles. The molecule has 0 bridgehead atoms. The van der Waals surface area contributed by atoms with Gasteiger partial charge in [-0.3, -0.25) is 4.79 Å². The summed E-state index contributed by atoms with van der Waals surface area (Å²) in [4.78, 5) is 11.7. The number of ether oxygens (including phenoxy) is 1. The smallest absolute Gasteiger partial charge is 0.167 e. The summed E-state index contributed by atoms with van der Waals surface area (Å²) in [6, 6.07) is 3.98. The molecule has 0 aliphatic carbocycles. The molecule has 0 saturated carbocycles. The lowest BCUT2D eigenvalue weighted by molar-refractivity contribution is 0.0970. The fraction of sp³-hybridized carbons (Fsp3) is 0.417. The number of benzene rings is 1. The van der Waals surface area contributed by atoms with Gasteiger partial charge in [0.15, 0.2) is 5.78 Å². The summed E-state index contributed by atoms with van der Waals surface area (Å²) in [6.45, 7) is 1.89. The van der Waals surface area contributed by atoms with Crippen LogP contribution >= 0.6 is 0 Å². The molecule has 1 atom stereocenters. The summed E-state index contributed by atoms with van der Waals surface area (Å²) in [5.41, 5.74) is 5.72. The lowest BCUT2D eigenvalue weighted by atomic mass is 10.0. The van der Waals surface area contributed by atoms with Crippen molar-refractivity contribution >= 4 is 5.78 Å². The lowest BCUT2D eigenvalue weighted by Crippen LogP contribution is -2.23. The second-order valence-corrected chi connectivity index (χ2v) is 3.64. The third-order valence-electron chi connectivity index (χ3n) is 2.45. The standard InChI is InChI=1S/C12H16FNO2/c1-3-8(14)6-12(15)10-5-4-9(16-2)7-11(10)13/h4-5,7-8H,3,6,14H2,1-2H3. The van der Waals surface area contributed by atoms with Gasteiger partial charge in [0.25, 0.3) is 0 Å². The fourth-order valence-electron chi connectivity index (χ4n) is 1.34. The molecule has 0 spiro atoms. The molecule has 88 valence electrons. The summed E-state index contributed by atoms with van der Waals surface area (Å²) in [5, 5.41) is 0. The molecule has 0 fully saturated rings. The van der Waals surface area contributed by atoms with Crippen LogP contribution in [-0.4, -0.2) is 18.9 Å². The SMILES string of the molecule is CCC(N)CC(=O)c1ccc(OC)cc1F. The van der Waals surface area contributed by atoms with Crippen LogP contribution in [0.1, 0.15) is 30.1 Å². The number of nitrogens with two attached hydrogens (primary N) is 1. The molecule has 0 saturated heterocycles. The Morgan fingerprint density at radius 2 is 2.25 bits per heavy atom. The maximum atomic E-state index is 13.5. The van der Waals surface area contributed by atoms with Crippen LogP contribution in [0.3, 0.4) is 0 Å². The zero-order valence-electron chi connectivity index (χ0n) is 9.50. The van der Waals surface area contributed by atoms with E-state index in [1.165, 1.54) is 19.2 Å². The molecule has 1 unspecified atom stereocenters. The Morgan fingerprint density at radius 3 is 2.75 bits per heavy atom. The quantitative estimate of drug-likeness (QED) is 0.781. The molecule has 1 aromatic rings. The van der Waals surface area contributed by atoms with Gasteiger partial charge in [0.1, 0.15) is 11.6 Å². The van der Waals surface area contributed by atoms with Gasteiger partial charge in [0.2, 0.25) is 0 Å². The van der Waals surface area contributed by atoms with Crippen molar-refractivity contribution in [2.45, 2.75) is 25.8 Å². The number of hydrogen-bond acceptors (Lipinski definition) is 3. The molecule has 0 radical (unpaired) electrons. The van der Waals surface area contributed by atoms with E-state index in [1.54, 1.807) is 6.07 Å². The number of hydrogen-bond donors (Lipinski definition) is 1. The Morgan fingerprint density at radius 1 is 1.56 bits per heavy atom. The maximum Gasteiger partial charge on any atom is 0.167 e. The first-order valence-electron chi connectivity index (χ1n) is 5.20. The largest absolute Gasteiger partial charge is 0.497 e. The van der Waals surface area contributed by atoms with E-state index in [1.807, 2.05) is 6.92 Å². The molecule has 1 aromatic carbocycles. The molecule has 0 amide bonds. The highest BCUT2D eigenvalue weighted by atomic mass is 19.1. The minimum absolute atomic E-state index is 0.0738. The van der Waals surface area contributed by atoms with Crippen molar-refractivity contribution < 1.29 is 13.9 Å². The van der Waals surface area contributed by atoms with Gasteiger partial charge in [-0.25, -0.2) is 4.39 Å². The van der Waals surface area contributed by atoms with E-state index in [-0.39, 0.29) is 23.8 Å². The van der Waals surface area contributed by atoms with Crippen molar-refractivity contribution in [3.63, 3.8) is 0 Å². The van der Waals surface area contributed by atoms with Crippen molar-refractivity contribution in [2.24, 2.45) is 5.73 Å². The van der Waals surface area contributed by atoms with Crippen LogP contribution < -0.4 is 10.5 Å². The first-order chi connectivity index (χ1) is 7.58. The van der Waals surface area contributed by atoms with Crippen LogP contribution in [0.5, 0.6) is 5.75 Å². The van der Waals surface area contributed by atoms with Crippen LogP contribution in [0, 0.1) is 5.82 Å². The van der Waals surface area contributed by atoms with Gasteiger partial charge in [-0.1, -0.05) is 6.92 Å². The molecule has 3 nitrogen and oxygen atoms in total. The predicted octanol–water partition coefficient (Wildman–Crippen LogP) is 2.14. The molecule has 2 N–H and O–H groups in total. The molecular weight excluding hydrogens is 209 g/mol. The summed E-state index contributed by atoms with van der Waals surface area (Å²) in [5.74, 6) is -0.434. The van der Waals surface area contributed by atoms with Gasteiger partial charge in [-0.05, 0) is 18.6 Å². The highest BCUT2D eigenvalue weighted by Crippen LogP contribution is 2.18. The third kappa shape index (κ3) is 3.03. The molecule has 0 aliphatic rings. The van der Waals surface area contributed by atoms with E-state index in [4.69, 9.17) is 10.5 Å². The lowest BCUT2D eigenvalue weighted by Gasteiger charge is -2.08. The Hall–Kier alpha value is -1.42. The first kappa shape index (κ1) is 12.6. The maximum absolute atomic E-state index is 13.5. The summed E-state index contributed by atoms with van der Waals surface area (Å²) < 4.78 is 18.4. The van der Waals surface area contributed by atoms with E-state index >= 15 is 0 Å². The normalized spacial score (nSPS) is 12.2. The summed E-state index contributed by atoms with van der Waals surface area (Å²) in [6.07, 6.45) is 0.864. The fourth-order valence-corrected chi connectivity index (χ4v) is 1.34. The highest BCUT2D eigenvalue weighted by Gasteiger charge is 2.14. The van der Waals surface area contributed by atoms with Crippen LogP contribution in [0.4, 0.5) is 4.39 Å². The van der Waals surface area contributed by atoms with E-state index in [0.717, 1.165) is 0 Å². The van der Waals surface area contributed by atoms with Crippen LogP contribution in [-0.2, 0) is 0 Å². The number of carbonyl (C=O) groups is 1. The Labute approximate surface area is 94.4 Å². The average Bonchev–Trinajstić information content (AvgIpc) is 2.28. The number of rotatable bonds is 5. The van der Waals surface area contributed by atoms with E-state index < -0.39 is 5.82 Å². The van der Waals surface area contributed by atoms with Gasteiger partial charge in [0, 0.05) is 18.5 Å². The van der Waals surface area contributed by atoms with Gasteiger partial charge in [-0.2, -0.15) is 0 Å². The Bertz CT molecular complexity index is 379. The summed E-state index contributed by atoms with van der Waals surface area (Å²) >= 11 is 0. The second kappa shape index (κ2) is 5.61. The average molecular weight is 225 g/mol. The van der Waals surface area contributed by atoms with Crippen LogP contribution in [0.15, 0.2) is 18.2 Å². The number of halogens is 1. The van der Waals surface area contributed by atoms with E-state index in [9.17, 15) is 9.18 Å². The second-order valence-electron chi connectivity index (χ2n) is 3.64. The van der Waals surface area contributed by atoms with Crippen LogP contribution in [0.25, 0.3) is 0 Å². The topological polar surface area (TPSA) is 52.3 Å². The molecule has 0 aliphatic heterocycles. The van der Waals surface area contributed by atoms with Crippen molar-refractivity contribution in [3.05, 3.63) is 29.6 Å². The summed E-state index contributed by atoms with van der Waals surface area (Å²) in [7, 11) is 1.45. The number of Topliss-reactive ketones (excluding diaryl/α,β-unsaturated/α-hetero) is 1. The highest BCUT2D eigenvalue weighted by molar-refractivity contribution is 5.96. The minimum Gasteiger partial charge on any atom is -0.497 e. The molecular formula is C12H16FNO2. The third-order valence-corrected chi connectivity index (χ3v) is 2.45. The van der Waals surface area contributed by atoms with Gasteiger partial charge in [0.05, 0.1) is 12.7 Å². The number of ketones is 1. The molecule has 0 aromatic heterocycles. The van der Waals surface area contributed by atoms with Gasteiger partial charge >= 0.3 is 0 Å². The zero-order chi connectivity index (χ0) is 12.1. The van der Waals surface area contributed by atoms with Crippen molar-refractivity contribution in [3.8, 4) is 5.75 Å². The molecule has 1 rings (SSSR count). The predicted molar refractivity (Wildman–Crippen MR) is 60.2 cm³/mol. The van der Waals surface area contributed by atoms with Crippen LogP contribution in [0.2, 0.25) is 0 Å². The first-order valence-corrected chi connectivity index (χ1v) is 5.20. The number of methoxy groups -OCH3 is 1. The number of carbonyl (C=O) groups excluding carboxylic acids is 1. The van der Waals surface area contributed by atoms with Crippen molar-refractivity contribution in [1.29, 1.82) is 0 Å². The van der Waals surface area contributed by atoms with Gasteiger partial charge < -0.3 is 10.5 Å². The van der Waals surface area contributed by atoms with Crippen molar-refractivity contribution in [1.82, 2.24) is 0 Å².